The van der Waals surface area contributed by atoms with Crippen molar-refractivity contribution < 1.29 is 9.53 Å². The molecule has 17 heavy (non-hydrogen) atoms. The number of carbonyl (C=O) groups is 1. The molecule has 0 aromatic heterocycles. The molecular formula is C13H13NO2S. The molecule has 1 aliphatic heterocycles. The number of ether oxygens (including phenoxy) is 1. The Morgan fingerprint density at radius 3 is 2.88 bits per heavy atom. The summed E-state index contributed by atoms with van der Waals surface area (Å²) in [7, 11) is 0. The molecule has 0 radical (unpaired) electrons. The Morgan fingerprint density at radius 2 is 2.18 bits per heavy atom. The van der Waals surface area contributed by atoms with Crippen LogP contribution in [-0.4, -0.2) is 17.0 Å². The summed E-state index contributed by atoms with van der Waals surface area (Å²) in [5, 5.41) is 0.383. The maximum Gasteiger partial charge on any atom is 0.259 e. The fraction of sp³-hybridized carbons (Fsp3) is 0.231. The van der Waals surface area contributed by atoms with Gasteiger partial charge in [-0.25, -0.2) is 4.99 Å². The zero-order valence-electron chi connectivity index (χ0n) is 9.77. The Labute approximate surface area is 105 Å². The third-order valence-electron chi connectivity index (χ3n) is 2.35. The zero-order chi connectivity index (χ0) is 12.3. The lowest BCUT2D eigenvalue weighted by Gasteiger charge is -1.98. The van der Waals surface area contributed by atoms with E-state index in [1.54, 1.807) is 6.08 Å². The maximum atomic E-state index is 11.7. The van der Waals surface area contributed by atoms with Crippen molar-refractivity contribution in [3.8, 4) is 0 Å². The SMILES string of the molecule is CCOC1=N/C(=C\c2ccccc2C)C(=O)S1. The fourth-order valence-corrected chi connectivity index (χ4v) is 2.16. The van der Waals surface area contributed by atoms with E-state index in [4.69, 9.17) is 4.74 Å². The topological polar surface area (TPSA) is 38.7 Å². The van der Waals surface area contributed by atoms with Gasteiger partial charge in [0, 0.05) is 11.8 Å². The van der Waals surface area contributed by atoms with Crippen LogP contribution in [0.3, 0.4) is 0 Å². The van der Waals surface area contributed by atoms with Gasteiger partial charge < -0.3 is 4.74 Å². The lowest BCUT2D eigenvalue weighted by Crippen LogP contribution is -1.95. The summed E-state index contributed by atoms with van der Waals surface area (Å²) in [6, 6.07) is 7.89. The second-order valence-corrected chi connectivity index (χ2v) is 4.51. The molecular weight excluding hydrogens is 234 g/mol. The van der Waals surface area contributed by atoms with Gasteiger partial charge in [0.25, 0.3) is 5.23 Å². The fourth-order valence-electron chi connectivity index (χ4n) is 1.47. The van der Waals surface area contributed by atoms with Gasteiger partial charge in [-0.2, -0.15) is 0 Å². The number of carbonyl (C=O) groups excluding carboxylic acids is 1. The molecule has 1 heterocycles. The van der Waals surface area contributed by atoms with Crippen molar-refractivity contribution in [3.05, 3.63) is 41.1 Å². The van der Waals surface area contributed by atoms with Gasteiger partial charge in [-0.05, 0) is 31.1 Å². The van der Waals surface area contributed by atoms with Crippen LogP contribution in [0.25, 0.3) is 6.08 Å². The Kier molecular flexibility index (Phi) is 3.64. The van der Waals surface area contributed by atoms with E-state index in [-0.39, 0.29) is 5.12 Å². The molecule has 0 aliphatic carbocycles. The summed E-state index contributed by atoms with van der Waals surface area (Å²) >= 11 is 1.04. The Morgan fingerprint density at radius 1 is 1.41 bits per heavy atom. The lowest BCUT2D eigenvalue weighted by molar-refractivity contribution is -0.107. The highest BCUT2D eigenvalue weighted by molar-refractivity contribution is 8.26. The van der Waals surface area contributed by atoms with Crippen LogP contribution in [0, 0.1) is 6.92 Å². The van der Waals surface area contributed by atoms with Crippen molar-refractivity contribution in [2.45, 2.75) is 13.8 Å². The highest BCUT2D eigenvalue weighted by atomic mass is 32.2. The number of hydrogen-bond donors (Lipinski definition) is 0. The van der Waals surface area contributed by atoms with E-state index in [2.05, 4.69) is 4.99 Å². The highest BCUT2D eigenvalue weighted by Crippen LogP contribution is 2.26. The molecule has 0 amide bonds. The molecule has 0 fully saturated rings. The first-order chi connectivity index (χ1) is 8.20. The van der Waals surface area contributed by atoms with Gasteiger partial charge in [-0.3, -0.25) is 4.79 Å². The van der Waals surface area contributed by atoms with Crippen molar-refractivity contribution in [1.82, 2.24) is 0 Å². The number of aryl methyl sites for hydroxylation is 1. The van der Waals surface area contributed by atoms with E-state index >= 15 is 0 Å². The van der Waals surface area contributed by atoms with Crippen molar-refractivity contribution in [2.24, 2.45) is 4.99 Å². The van der Waals surface area contributed by atoms with Crippen molar-refractivity contribution >= 4 is 28.2 Å². The first-order valence-electron chi connectivity index (χ1n) is 5.41. The highest BCUT2D eigenvalue weighted by Gasteiger charge is 2.23. The van der Waals surface area contributed by atoms with Crippen LogP contribution < -0.4 is 0 Å². The molecule has 0 N–H and O–H groups in total. The third-order valence-corrected chi connectivity index (χ3v) is 3.13. The van der Waals surface area contributed by atoms with E-state index < -0.39 is 0 Å². The summed E-state index contributed by atoms with van der Waals surface area (Å²) < 4.78 is 5.22. The van der Waals surface area contributed by atoms with Gasteiger partial charge in [0.2, 0.25) is 5.12 Å². The van der Waals surface area contributed by atoms with E-state index in [9.17, 15) is 4.79 Å². The van der Waals surface area contributed by atoms with Crippen LogP contribution in [0.15, 0.2) is 35.0 Å². The molecule has 88 valence electrons. The quantitative estimate of drug-likeness (QED) is 0.754. The minimum Gasteiger partial charge on any atom is -0.473 e. The molecule has 0 saturated heterocycles. The number of hydrogen-bond acceptors (Lipinski definition) is 4. The second kappa shape index (κ2) is 5.19. The summed E-state index contributed by atoms with van der Waals surface area (Å²) in [6.07, 6.45) is 1.80. The number of aliphatic imine (C=N–C) groups is 1. The van der Waals surface area contributed by atoms with Gasteiger partial charge in [0.1, 0.15) is 5.70 Å². The number of benzene rings is 1. The molecule has 3 nitrogen and oxygen atoms in total. The average Bonchev–Trinajstić information content (AvgIpc) is 2.63. The van der Waals surface area contributed by atoms with Crippen LogP contribution >= 0.6 is 11.8 Å². The largest absolute Gasteiger partial charge is 0.473 e. The maximum absolute atomic E-state index is 11.7. The van der Waals surface area contributed by atoms with Crippen LogP contribution in [0.5, 0.6) is 0 Å². The summed E-state index contributed by atoms with van der Waals surface area (Å²) in [4.78, 5) is 15.8. The van der Waals surface area contributed by atoms with E-state index in [1.807, 2.05) is 38.1 Å². The van der Waals surface area contributed by atoms with Crippen molar-refractivity contribution in [1.29, 1.82) is 0 Å². The minimum atomic E-state index is -0.0586. The predicted octanol–water partition coefficient (Wildman–Crippen LogP) is 3.00. The second-order valence-electron chi connectivity index (χ2n) is 3.59. The first kappa shape index (κ1) is 11.9. The predicted molar refractivity (Wildman–Crippen MR) is 70.8 cm³/mol. The monoisotopic (exact) mass is 247 g/mol. The van der Waals surface area contributed by atoms with Gasteiger partial charge in [-0.1, -0.05) is 24.3 Å². The van der Waals surface area contributed by atoms with Gasteiger partial charge in [0.15, 0.2) is 0 Å². The first-order valence-corrected chi connectivity index (χ1v) is 6.23. The summed E-state index contributed by atoms with van der Waals surface area (Å²) in [5.41, 5.74) is 2.59. The normalized spacial score (nSPS) is 17.4. The molecule has 2 rings (SSSR count). The van der Waals surface area contributed by atoms with Crippen molar-refractivity contribution in [3.63, 3.8) is 0 Å². The molecule has 1 aliphatic rings. The van der Waals surface area contributed by atoms with Gasteiger partial charge >= 0.3 is 0 Å². The number of rotatable bonds is 2. The average molecular weight is 247 g/mol. The Hall–Kier alpha value is -1.55. The zero-order valence-corrected chi connectivity index (χ0v) is 10.6. The molecule has 0 saturated carbocycles. The van der Waals surface area contributed by atoms with Gasteiger partial charge in [0.05, 0.1) is 6.61 Å². The molecule has 4 heteroatoms. The van der Waals surface area contributed by atoms with Crippen LogP contribution in [0.4, 0.5) is 0 Å². The minimum absolute atomic E-state index is 0.0586. The molecule has 0 unspecified atom stereocenters. The summed E-state index contributed by atoms with van der Waals surface area (Å²) in [5.74, 6) is 0. The van der Waals surface area contributed by atoms with Crippen LogP contribution in [-0.2, 0) is 9.53 Å². The molecule has 0 bridgehead atoms. The van der Waals surface area contributed by atoms with Crippen LogP contribution in [0.2, 0.25) is 0 Å². The van der Waals surface area contributed by atoms with E-state index in [1.165, 1.54) is 0 Å². The lowest BCUT2D eigenvalue weighted by atomic mass is 10.1. The molecule has 1 aromatic rings. The molecule has 0 spiro atoms. The smallest absolute Gasteiger partial charge is 0.259 e. The van der Waals surface area contributed by atoms with E-state index in [0.29, 0.717) is 17.5 Å². The standard InChI is InChI=1S/C13H13NO2S/c1-3-16-13-14-11(12(15)17-13)8-10-7-5-4-6-9(10)2/h4-8H,3H2,1-2H3/b11-8-. The number of thioether (sulfide) groups is 1. The number of nitrogens with zero attached hydrogens (tertiary/aromatic N) is 1. The third kappa shape index (κ3) is 2.77. The van der Waals surface area contributed by atoms with Crippen LogP contribution in [0.1, 0.15) is 18.1 Å². The Balaban J connectivity index is 2.28. The van der Waals surface area contributed by atoms with Crippen molar-refractivity contribution in [2.75, 3.05) is 6.61 Å². The summed E-state index contributed by atoms with van der Waals surface area (Å²) in [6.45, 7) is 4.40. The molecule has 0 atom stereocenters. The molecule has 1 aromatic carbocycles. The van der Waals surface area contributed by atoms with Gasteiger partial charge in [-0.15, -0.1) is 0 Å². The Bertz CT molecular complexity index is 506. The van der Waals surface area contributed by atoms with E-state index in [0.717, 1.165) is 22.9 Å².